The van der Waals surface area contributed by atoms with Gasteiger partial charge < -0.3 is 44.4 Å². The van der Waals surface area contributed by atoms with Crippen molar-refractivity contribution in [2.45, 2.75) is 139 Å². The second-order valence-electron chi connectivity index (χ2n) is 23.1. The minimum absolute atomic E-state index is 0.0520. The number of piperazine rings is 1. The number of amides is 2. The molecule has 0 radical (unpaired) electrons. The highest BCUT2D eigenvalue weighted by atomic mass is 35.5. The summed E-state index contributed by atoms with van der Waals surface area (Å²) in [5, 5.41) is 10.4. The van der Waals surface area contributed by atoms with Crippen LogP contribution in [0, 0.1) is 27.7 Å². The van der Waals surface area contributed by atoms with Crippen molar-refractivity contribution in [1.82, 2.24) is 30.5 Å². The number of nitrogens with one attached hydrogen (secondary N) is 4. The van der Waals surface area contributed by atoms with Gasteiger partial charge in [0, 0.05) is 81.9 Å². The molecule has 2 heterocycles. The number of aryl methyl sites for hydroxylation is 4. The number of ketones is 1. The molecule has 2 saturated heterocycles. The summed E-state index contributed by atoms with van der Waals surface area (Å²) in [7, 11) is -7.33. The third-order valence-electron chi connectivity index (χ3n) is 16.7. The molecule has 86 heavy (non-hydrogen) atoms. The lowest BCUT2D eigenvalue weighted by Gasteiger charge is -2.36. The van der Waals surface area contributed by atoms with Crippen molar-refractivity contribution in [3.63, 3.8) is 0 Å². The molecule has 22 heteroatoms. The Kier molecular flexibility index (Phi) is 26.2. The lowest BCUT2D eigenvalue weighted by molar-refractivity contribution is -0.119. The zero-order valence-electron chi connectivity index (χ0n) is 50.7. The van der Waals surface area contributed by atoms with Crippen LogP contribution in [-0.4, -0.2) is 168 Å². The number of sulfonamides is 1. The first-order valence-electron chi connectivity index (χ1n) is 30.9. The molecule has 8 rings (SSSR count). The molecule has 0 unspecified atom stereocenters. The van der Waals surface area contributed by atoms with E-state index in [9.17, 15) is 26.4 Å². The molecule has 2 amide bonds. The second-order valence-corrected chi connectivity index (χ2v) is 27.8. The number of hydrogen-bond donors (Lipinski definition) is 4. The van der Waals surface area contributed by atoms with Crippen molar-refractivity contribution in [2.24, 2.45) is 0 Å². The Labute approximate surface area is 520 Å². The summed E-state index contributed by atoms with van der Waals surface area (Å²) in [5.41, 5.74) is 8.58. The van der Waals surface area contributed by atoms with Crippen LogP contribution in [-0.2, 0) is 56.4 Å². The summed E-state index contributed by atoms with van der Waals surface area (Å²) in [6, 6.07) is 18.2. The number of nitrogens with zero attached hydrogens (tertiary/aromatic N) is 2. The van der Waals surface area contributed by atoms with Gasteiger partial charge in [-0.25, -0.2) is 26.4 Å². The predicted molar refractivity (Wildman–Crippen MR) is 336 cm³/mol. The van der Waals surface area contributed by atoms with Crippen LogP contribution in [0.15, 0.2) is 70.5 Å². The SMILES string of the molecule is Cc1cc(S(=O)(=O)NCCOCCOCCCC(=O)CCCCCNC(=O)NCCOCCOCCCS(=O)(=O)c2ccc(O[C@H]3c4cc(Cl)cc(C)c4C[C@@H]3N3CCNCC3)c(C)c2)ccc1O[C@H]1c2cc(Cl)cc(C)c2C[C@@H]1N1CCCCC1. The molecule has 474 valence electrons. The average molecular weight is 1270 g/mol. The first-order valence-corrected chi connectivity index (χ1v) is 34.7. The van der Waals surface area contributed by atoms with Gasteiger partial charge in [0.2, 0.25) is 10.0 Å². The van der Waals surface area contributed by atoms with E-state index in [1.54, 1.807) is 36.4 Å². The fraction of sp³-hybridized carbons (Fsp3) is 0.594. The van der Waals surface area contributed by atoms with E-state index >= 15 is 0 Å². The molecule has 4 aromatic carbocycles. The standard InChI is InChI=1S/C64H90Cl2N6O12S2/c1-45-37-49(65)41-56-54(45)43-58(71-24-9-6-10-25-71)62(56)84-61-18-16-53(40-48(61)4)86(77,78)70-23-31-82-35-32-79-28-11-14-51(73)13-7-5-8-19-68-64(74)69-22-30-81-34-33-80-29-12-36-85(75,76)52-15-17-60(47(3)39-52)83-63-57-42-50(66)38-46(2)55(57)44-59(63)72-26-20-67-21-27-72/h15-18,37-42,58-59,62-63,67,70H,5-14,19-36,43-44H2,1-4H3,(H2,68,69,74)/t58-,59-,62-,63-/m0/s1. The summed E-state index contributed by atoms with van der Waals surface area (Å²) >= 11 is 13.1. The van der Waals surface area contributed by atoms with E-state index < -0.39 is 19.9 Å². The first-order chi connectivity index (χ1) is 41.5. The largest absolute Gasteiger partial charge is 0.484 e. The maximum atomic E-state index is 13.3. The third kappa shape index (κ3) is 19.5. The van der Waals surface area contributed by atoms with E-state index in [0.717, 1.165) is 99.2 Å². The fourth-order valence-electron chi connectivity index (χ4n) is 12.1. The van der Waals surface area contributed by atoms with Crippen molar-refractivity contribution in [3.8, 4) is 11.5 Å². The topological polar surface area (TPSA) is 212 Å². The van der Waals surface area contributed by atoms with Crippen molar-refractivity contribution in [2.75, 3.05) is 118 Å². The number of halogens is 2. The number of Topliss-reactive ketones (excluding diaryl/α,β-unsaturated/α-hetero) is 1. The van der Waals surface area contributed by atoms with Gasteiger partial charge in [-0.05, 0) is 197 Å². The lowest BCUT2D eigenvalue weighted by Crippen LogP contribution is -2.50. The minimum Gasteiger partial charge on any atom is -0.484 e. The number of piperidine rings is 1. The quantitative estimate of drug-likeness (QED) is 0.0316. The minimum atomic E-state index is -3.78. The maximum Gasteiger partial charge on any atom is 0.314 e. The molecule has 4 aromatic rings. The fourth-order valence-corrected chi connectivity index (χ4v) is 15.1. The Morgan fingerprint density at radius 3 is 1.65 bits per heavy atom. The van der Waals surface area contributed by atoms with Gasteiger partial charge in [-0.2, -0.15) is 0 Å². The second kappa shape index (κ2) is 33.4. The Hall–Kier alpha value is -4.42. The maximum absolute atomic E-state index is 13.3. The van der Waals surface area contributed by atoms with Gasteiger partial charge in [0.15, 0.2) is 9.84 Å². The van der Waals surface area contributed by atoms with Crippen LogP contribution in [0.5, 0.6) is 11.5 Å². The van der Waals surface area contributed by atoms with Crippen LogP contribution >= 0.6 is 23.2 Å². The Morgan fingerprint density at radius 2 is 1.06 bits per heavy atom. The Balaban J connectivity index is 0.587. The summed E-state index contributed by atoms with van der Waals surface area (Å²) in [5.74, 6) is 1.43. The van der Waals surface area contributed by atoms with Crippen molar-refractivity contribution in [3.05, 3.63) is 115 Å². The average Bonchev–Trinajstić information content (AvgIpc) is 2.05. The van der Waals surface area contributed by atoms with E-state index in [-0.39, 0.29) is 71.4 Å². The number of urea groups is 1. The number of sulfone groups is 1. The molecule has 4 N–H and O–H groups in total. The summed E-state index contributed by atoms with van der Waals surface area (Å²) in [4.78, 5) is 30.0. The van der Waals surface area contributed by atoms with Gasteiger partial charge in [0.05, 0.1) is 67.3 Å². The van der Waals surface area contributed by atoms with E-state index in [1.165, 1.54) is 36.0 Å². The normalized spacial score (nSPS) is 19.1. The molecule has 0 aromatic heterocycles. The molecule has 0 bridgehead atoms. The molecule has 2 aliphatic carbocycles. The molecule has 2 aliphatic heterocycles. The first kappa shape index (κ1) is 67.5. The monoisotopic (exact) mass is 1270 g/mol. The van der Waals surface area contributed by atoms with Gasteiger partial charge in [0.25, 0.3) is 0 Å². The number of likely N-dealkylation sites (tertiary alicyclic amines) is 1. The Morgan fingerprint density at radius 1 is 0.547 bits per heavy atom. The number of carbonyl (C=O) groups is 2. The lowest BCUT2D eigenvalue weighted by atomic mass is 10.0. The van der Waals surface area contributed by atoms with Crippen molar-refractivity contribution in [1.29, 1.82) is 0 Å². The van der Waals surface area contributed by atoms with E-state index in [1.807, 2.05) is 38.1 Å². The van der Waals surface area contributed by atoms with Crippen LogP contribution < -0.4 is 30.1 Å². The van der Waals surface area contributed by atoms with Crippen LogP contribution in [0.1, 0.15) is 121 Å². The number of carbonyl (C=O) groups excluding carboxylic acids is 2. The molecule has 18 nitrogen and oxygen atoms in total. The van der Waals surface area contributed by atoms with E-state index in [0.29, 0.717) is 100.0 Å². The zero-order valence-corrected chi connectivity index (χ0v) is 53.8. The molecule has 0 saturated carbocycles. The predicted octanol–water partition coefficient (Wildman–Crippen LogP) is 9.13. The highest BCUT2D eigenvalue weighted by molar-refractivity contribution is 7.91. The number of hydrogen-bond acceptors (Lipinski definition) is 15. The van der Waals surface area contributed by atoms with Crippen LogP contribution in [0.25, 0.3) is 0 Å². The van der Waals surface area contributed by atoms with Crippen molar-refractivity contribution >= 4 is 54.9 Å². The molecular formula is C64H90Cl2N6O12S2. The number of unbranched alkanes of at least 4 members (excludes halogenated alkanes) is 2. The molecule has 4 atom stereocenters. The zero-order chi connectivity index (χ0) is 61.1. The van der Waals surface area contributed by atoms with Crippen LogP contribution in [0.2, 0.25) is 10.0 Å². The van der Waals surface area contributed by atoms with Gasteiger partial charge in [-0.1, -0.05) is 36.0 Å². The Bertz CT molecular complexity index is 2900. The summed E-state index contributed by atoms with van der Waals surface area (Å²) < 4.78 is 91.6. The molecule has 2 fully saturated rings. The van der Waals surface area contributed by atoms with Gasteiger partial charge >= 0.3 is 6.03 Å². The smallest absolute Gasteiger partial charge is 0.314 e. The van der Waals surface area contributed by atoms with E-state index in [4.69, 9.17) is 51.6 Å². The summed E-state index contributed by atoms with van der Waals surface area (Å²) in [6.07, 6.45) is 9.08. The van der Waals surface area contributed by atoms with Crippen LogP contribution in [0.3, 0.4) is 0 Å². The number of rotatable bonds is 35. The van der Waals surface area contributed by atoms with Crippen LogP contribution in [0.4, 0.5) is 4.79 Å². The number of benzene rings is 4. The molecule has 4 aliphatic rings. The molecular weight excluding hydrogens is 1180 g/mol. The van der Waals surface area contributed by atoms with Crippen molar-refractivity contribution < 1.29 is 54.8 Å². The number of fused-ring (bicyclic) bond motifs is 2. The van der Waals surface area contributed by atoms with Gasteiger partial charge in [-0.15, -0.1) is 0 Å². The highest BCUT2D eigenvalue weighted by Gasteiger charge is 2.41. The van der Waals surface area contributed by atoms with Gasteiger partial charge in [0.1, 0.15) is 29.5 Å². The van der Waals surface area contributed by atoms with E-state index in [2.05, 4.69) is 44.3 Å². The molecule has 0 spiro atoms. The highest BCUT2D eigenvalue weighted by Crippen LogP contribution is 2.44. The number of ether oxygens (including phenoxy) is 6. The third-order valence-corrected chi connectivity index (χ3v) is 20.4. The summed E-state index contributed by atoms with van der Waals surface area (Å²) in [6.45, 7) is 17.1. The van der Waals surface area contributed by atoms with Gasteiger partial charge in [-0.3, -0.25) is 14.6 Å².